The molecule has 2 atom stereocenters. The molecule has 0 spiro atoms. The van der Waals surface area contributed by atoms with Gasteiger partial charge in [0.15, 0.2) is 11.6 Å². The Bertz CT molecular complexity index is 689. The molecule has 2 aromatic rings. The Kier molecular flexibility index (Phi) is 5.14. The number of hydrogen-bond acceptors (Lipinski definition) is 5. The fourth-order valence-electron chi connectivity index (χ4n) is 3.37. The first kappa shape index (κ1) is 16.9. The number of likely N-dealkylation sites (tertiary alicyclic amines) is 1. The van der Waals surface area contributed by atoms with Gasteiger partial charge in [-0.2, -0.15) is 0 Å². The molecule has 0 aliphatic carbocycles. The number of rotatable bonds is 5. The van der Waals surface area contributed by atoms with Crippen molar-refractivity contribution in [1.82, 2.24) is 15.1 Å². The molecular formula is C18H24FN3O2. The van der Waals surface area contributed by atoms with Crippen LogP contribution >= 0.6 is 0 Å². The highest BCUT2D eigenvalue weighted by Crippen LogP contribution is 2.33. The Morgan fingerprint density at radius 1 is 1.38 bits per heavy atom. The molecule has 0 bridgehead atoms. The third-order valence-electron chi connectivity index (χ3n) is 4.82. The van der Waals surface area contributed by atoms with Crippen LogP contribution in [0.3, 0.4) is 0 Å². The minimum Gasteiger partial charge on any atom is -0.494 e. The van der Waals surface area contributed by atoms with Crippen LogP contribution in [0.2, 0.25) is 0 Å². The SMILES string of the molecule is CCc1nnc([C@H]2CCCN(Cc3ccc(OC)c(F)c3)[C@H]2C)o1. The number of benzene rings is 1. The average Bonchev–Trinajstić information content (AvgIpc) is 3.06. The summed E-state index contributed by atoms with van der Waals surface area (Å²) in [5, 5.41) is 8.30. The van der Waals surface area contributed by atoms with E-state index in [0.29, 0.717) is 12.4 Å². The zero-order valence-corrected chi connectivity index (χ0v) is 14.5. The van der Waals surface area contributed by atoms with Gasteiger partial charge in [-0.25, -0.2) is 4.39 Å². The zero-order valence-electron chi connectivity index (χ0n) is 14.5. The van der Waals surface area contributed by atoms with Crippen molar-refractivity contribution in [2.75, 3.05) is 13.7 Å². The summed E-state index contributed by atoms with van der Waals surface area (Å²) in [4.78, 5) is 2.35. The predicted octanol–water partition coefficient (Wildman–Crippen LogP) is 3.55. The highest BCUT2D eigenvalue weighted by Gasteiger charge is 2.32. The van der Waals surface area contributed by atoms with Crippen molar-refractivity contribution in [3.63, 3.8) is 0 Å². The van der Waals surface area contributed by atoms with Crippen molar-refractivity contribution < 1.29 is 13.5 Å². The van der Waals surface area contributed by atoms with E-state index in [0.717, 1.165) is 37.3 Å². The summed E-state index contributed by atoms with van der Waals surface area (Å²) in [6.45, 7) is 5.87. The normalized spacial score (nSPS) is 21.8. The van der Waals surface area contributed by atoms with Crippen LogP contribution in [0.15, 0.2) is 22.6 Å². The summed E-state index contributed by atoms with van der Waals surface area (Å²) in [5.74, 6) is 1.60. The second kappa shape index (κ2) is 7.30. The Morgan fingerprint density at radius 3 is 2.88 bits per heavy atom. The molecular weight excluding hydrogens is 309 g/mol. The molecule has 1 aliphatic heterocycles. The number of piperidine rings is 1. The fourth-order valence-corrected chi connectivity index (χ4v) is 3.37. The van der Waals surface area contributed by atoms with Gasteiger partial charge in [0, 0.05) is 19.0 Å². The largest absolute Gasteiger partial charge is 0.494 e. The number of nitrogens with zero attached hydrogens (tertiary/aromatic N) is 3. The molecule has 1 saturated heterocycles. The van der Waals surface area contributed by atoms with Crippen LogP contribution in [0.5, 0.6) is 5.75 Å². The molecule has 0 amide bonds. The van der Waals surface area contributed by atoms with E-state index in [9.17, 15) is 4.39 Å². The van der Waals surface area contributed by atoms with Crippen LogP contribution in [0.25, 0.3) is 0 Å². The maximum absolute atomic E-state index is 13.9. The first-order valence-corrected chi connectivity index (χ1v) is 8.51. The molecule has 1 aromatic carbocycles. The maximum Gasteiger partial charge on any atom is 0.221 e. The van der Waals surface area contributed by atoms with Gasteiger partial charge in [-0.3, -0.25) is 4.90 Å². The number of hydrogen-bond donors (Lipinski definition) is 0. The van der Waals surface area contributed by atoms with Crippen molar-refractivity contribution in [2.24, 2.45) is 0 Å². The molecule has 24 heavy (non-hydrogen) atoms. The van der Waals surface area contributed by atoms with Gasteiger partial charge in [0.1, 0.15) is 0 Å². The Balaban J connectivity index is 1.72. The first-order chi connectivity index (χ1) is 11.6. The van der Waals surface area contributed by atoms with Gasteiger partial charge in [0.05, 0.1) is 13.0 Å². The lowest BCUT2D eigenvalue weighted by atomic mass is 9.89. The molecule has 5 nitrogen and oxygen atoms in total. The Hall–Kier alpha value is -1.95. The molecule has 0 unspecified atom stereocenters. The van der Waals surface area contributed by atoms with Gasteiger partial charge in [-0.1, -0.05) is 13.0 Å². The summed E-state index contributed by atoms with van der Waals surface area (Å²) < 4.78 is 24.7. The second-order valence-corrected chi connectivity index (χ2v) is 6.32. The number of aromatic nitrogens is 2. The molecule has 1 aromatic heterocycles. The molecule has 0 radical (unpaired) electrons. The van der Waals surface area contributed by atoms with Crippen LogP contribution < -0.4 is 4.74 Å². The smallest absolute Gasteiger partial charge is 0.221 e. The van der Waals surface area contributed by atoms with E-state index < -0.39 is 0 Å². The van der Waals surface area contributed by atoms with E-state index in [4.69, 9.17) is 9.15 Å². The van der Waals surface area contributed by atoms with Gasteiger partial charge in [-0.15, -0.1) is 10.2 Å². The summed E-state index contributed by atoms with van der Waals surface area (Å²) in [6.07, 6.45) is 2.86. The molecule has 2 heterocycles. The third-order valence-corrected chi connectivity index (χ3v) is 4.82. The molecule has 1 fully saturated rings. The highest BCUT2D eigenvalue weighted by molar-refractivity contribution is 5.29. The number of aryl methyl sites for hydroxylation is 1. The predicted molar refractivity (Wildman–Crippen MR) is 88.5 cm³/mol. The third kappa shape index (κ3) is 3.43. The molecule has 130 valence electrons. The van der Waals surface area contributed by atoms with Crippen LogP contribution in [0.4, 0.5) is 4.39 Å². The van der Waals surface area contributed by atoms with Crippen LogP contribution in [0.1, 0.15) is 50.0 Å². The fraction of sp³-hybridized carbons (Fsp3) is 0.556. The monoisotopic (exact) mass is 333 g/mol. The van der Waals surface area contributed by atoms with Gasteiger partial charge in [0.2, 0.25) is 11.8 Å². The summed E-state index contributed by atoms with van der Waals surface area (Å²) in [5.41, 5.74) is 0.945. The van der Waals surface area contributed by atoms with Gasteiger partial charge < -0.3 is 9.15 Å². The second-order valence-electron chi connectivity index (χ2n) is 6.32. The van der Waals surface area contributed by atoms with Crippen molar-refractivity contribution in [3.8, 4) is 5.75 Å². The van der Waals surface area contributed by atoms with E-state index in [-0.39, 0.29) is 23.5 Å². The highest BCUT2D eigenvalue weighted by atomic mass is 19.1. The first-order valence-electron chi connectivity index (χ1n) is 8.51. The van der Waals surface area contributed by atoms with Crippen molar-refractivity contribution in [2.45, 2.75) is 51.6 Å². The number of methoxy groups -OCH3 is 1. The lowest BCUT2D eigenvalue weighted by Crippen LogP contribution is -2.41. The van der Waals surface area contributed by atoms with Crippen molar-refractivity contribution in [3.05, 3.63) is 41.4 Å². The van der Waals surface area contributed by atoms with Crippen LogP contribution in [-0.2, 0) is 13.0 Å². The number of ether oxygens (including phenoxy) is 1. The van der Waals surface area contributed by atoms with Crippen molar-refractivity contribution in [1.29, 1.82) is 0 Å². The lowest BCUT2D eigenvalue weighted by Gasteiger charge is -2.37. The summed E-state index contributed by atoms with van der Waals surface area (Å²) in [6, 6.07) is 5.42. The minimum atomic E-state index is -0.319. The molecule has 3 rings (SSSR count). The maximum atomic E-state index is 13.9. The molecule has 0 N–H and O–H groups in total. The lowest BCUT2D eigenvalue weighted by molar-refractivity contribution is 0.118. The van der Waals surface area contributed by atoms with E-state index in [1.165, 1.54) is 7.11 Å². The number of halogens is 1. The van der Waals surface area contributed by atoms with Crippen molar-refractivity contribution >= 4 is 0 Å². The van der Waals surface area contributed by atoms with Crippen LogP contribution in [0, 0.1) is 5.82 Å². The van der Waals surface area contributed by atoms with Gasteiger partial charge in [0.25, 0.3) is 0 Å². The topological polar surface area (TPSA) is 51.4 Å². The Morgan fingerprint density at radius 2 is 2.21 bits per heavy atom. The minimum absolute atomic E-state index is 0.231. The van der Waals surface area contributed by atoms with E-state index in [1.807, 2.05) is 13.0 Å². The average molecular weight is 333 g/mol. The van der Waals surface area contributed by atoms with E-state index >= 15 is 0 Å². The molecule has 1 aliphatic rings. The van der Waals surface area contributed by atoms with Gasteiger partial charge >= 0.3 is 0 Å². The van der Waals surface area contributed by atoms with Gasteiger partial charge in [-0.05, 0) is 44.0 Å². The quantitative estimate of drug-likeness (QED) is 0.837. The zero-order chi connectivity index (χ0) is 17.1. The van der Waals surface area contributed by atoms with E-state index in [2.05, 4.69) is 22.0 Å². The Labute approximate surface area is 141 Å². The molecule has 6 heteroatoms. The standard InChI is InChI=1S/C18H24FN3O2/c1-4-17-20-21-18(24-17)14-6-5-9-22(12(14)2)11-13-7-8-16(23-3)15(19)10-13/h7-8,10,12,14H,4-6,9,11H2,1-3H3/t12-,14-/m0/s1. The van der Waals surface area contributed by atoms with E-state index in [1.54, 1.807) is 12.1 Å². The molecule has 0 saturated carbocycles. The summed E-state index contributed by atoms with van der Waals surface area (Å²) in [7, 11) is 1.48. The summed E-state index contributed by atoms with van der Waals surface area (Å²) >= 11 is 0. The van der Waals surface area contributed by atoms with Crippen LogP contribution in [-0.4, -0.2) is 34.8 Å².